The molecule has 0 fully saturated rings. The van der Waals surface area contributed by atoms with Crippen LogP contribution in [-0.4, -0.2) is 26.2 Å². The Morgan fingerprint density at radius 1 is 1.47 bits per heavy atom. The SMILES string of the molecule is COc1cc(NC2=NCCN2)ccc1C. The molecule has 80 valence electrons. The molecule has 2 N–H and O–H groups in total. The van der Waals surface area contributed by atoms with Gasteiger partial charge in [0, 0.05) is 18.3 Å². The van der Waals surface area contributed by atoms with Crippen molar-refractivity contribution in [3.05, 3.63) is 23.8 Å². The van der Waals surface area contributed by atoms with Crippen LogP contribution < -0.4 is 15.4 Å². The Morgan fingerprint density at radius 3 is 3.00 bits per heavy atom. The Labute approximate surface area is 89.4 Å². The molecule has 0 amide bonds. The van der Waals surface area contributed by atoms with Crippen molar-refractivity contribution in [1.29, 1.82) is 0 Å². The van der Waals surface area contributed by atoms with Gasteiger partial charge in [0.15, 0.2) is 5.96 Å². The fourth-order valence-electron chi connectivity index (χ4n) is 1.52. The molecular formula is C11H15N3O. The monoisotopic (exact) mass is 205 g/mol. The fraction of sp³-hybridized carbons (Fsp3) is 0.364. The predicted molar refractivity (Wildman–Crippen MR) is 61.7 cm³/mol. The van der Waals surface area contributed by atoms with E-state index in [9.17, 15) is 0 Å². The number of aliphatic imine (C=N–C) groups is 1. The first kappa shape index (κ1) is 9.83. The minimum atomic E-state index is 0.834. The zero-order chi connectivity index (χ0) is 10.7. The second kappa shape index (κ2) is 4.21. The highest BCUT2D eigenvalue weighted by atomic mass is 16.5. The summed E-state index contributed by atoms with van der Waals surface area (Å²) in [7, 11) is 1.68. The average Bonchev–Trinajstić information content (AvgIpc) is 2.73. The van der Waals surface area contributed by atoms with Crippen LogP contribution in [0, 0.1) is 6.92 Å². The number of methoxy groups -OCH3 is 1. The van der Waals surface area contributed by atoms with Gasteiger partial charge in [-0.3, -0.25) is 4.99 Å². The summed E-state index contributed by atoms with van der Waals surface area (Å²) >= 11 is 0. The number of hydrogen-bond donors (Lipinski definition) is 2. The van der Waals surface area contributed by atoms with Gasteiger partial charge in [0.25, 0.3) is 0 Å². The standard InChI is InChI=1S/C11H15N3O/c1-8-3-4-9(7-10(8)15-2)14-11-12-5-6-13-11/h3-4,7H,5-6H2,1-2H3,(H2,12,13,14). The first-order valence-corrected chi connectivity index (χ1v) is 4.99. The summed E-state index contributed by atoms with van der Waals surface area (Å²) in [4.78, 5) is 4.26. The zero-order valence-corrected chi connectivity index (χ0v) is 9.00. The Bertz CT molecular complexity index is 387. The van der Waals surface area contributed by atoms with E-state index in [0.29, 0.717) is 0 Å². The van der Waals surface area contributed by atoms with Crippen LogP contribution in [0.1, 0.15) is 5.56 Å². The van der Waals surface area contributed by atoms with Gasteiger partial charge in [0.05, 0.1) is 13.7 Å². The minimum absolute atomic E-state index is 0.834. The van der Waals surface area contributed by atoms with E-state index in [1.807, 2.05) is 25.1 Å². The molecule has 4 heteroatoms. The molecule has 1 aliphatic heterocycles. The number of aryl methyl sites for hydroxylation is 1. The molecule has 1 aromatic carbocycles. The van der Waals surface area contributed by atoms with Crippen LogP contribution in [0.15, 0.2) is 23.2 Å². The number of nitrogens with one attached hydrogen (secondary N) is 2. The molecule has 0 radical (unpaired) electrons. The van der Waals surface area contributed by atoms with Crippen molar-refractivity contribution in [2.75, 3.05) is 25.5 Å². The number of benzene rings is 1. The molecule has 0 saturated heterocycles. The van der Waals surface area contributed by atoms with Gasteiger partial charge in [0.2, 0.25) is 0 Å². The Morgan fingerprint density at radius 2 is 2.33 bits per heavy atom. The van der Waals surface area contributed by atoms with Crippen molar-refractivity contribution in [3.63, 3.8) is 0 Å². The molecule has 2 rings (SSSR count). The van der Waals surface area contributed by atoms with Gasteiger partial charge >= 0.3 is 0 Å². The van der Waals surface area contributed by atoms with Crippen LogP contribution in [0.25, 0.3) is 0 Å². The first-order chi connectivity index (χ1) is 7.29. The molecule has 0 aromatic heterocycles. The summed E-state index contributed by atoms with van der Waals surface area (Å²) < 4.78 is 5.25. The number of guanidine groups is 1. The maximum Gasteiger partial charge on any atom is 0.195 e. The molecular weight excluding hydrogens is 190 g/mol. The molecule has 0 aliphatic carbocycles. The quantitative estimate of drug-likeness (QED) is 0.766. The van der Waals surface area contributed by atoms with E-state index < -0.39 is 0 Å². The van der Waals surface area contributed by atoms with Crippen LogP contribution in [0.3, 0.4) is 0 Å². The van der Waals surface area contributed by atoms with Gasteiger partial charge in [0.1, 0.15) is 5.75 Å². The number of anilines is 1. The Kier molecular flexibility index (Phi) is 2.76. The molecule has 0 bridgehead atoms. The van der Waals surface area contributed by atoms with E-state index in [4.69, 9.17) is 4.74 Å². The molecule has 4 nitrogen and oxygen atoms in total. The lowest BCUT2D eigenvalue weighted by molar-refractivity contribution is 0.412. The van der Waals surface area contributed by atoms with Gasteiger partial charge in [-0.05, 0) is 18.6 Å². The van der Waals surface area contributed by atoms with E-state index in [0.717, 1.165) is 36.0 Å². The second-order valence-electron chi connectivity index (χ2n) is 3.47. The molecule has 0 saturated carbocycles. The van der Waals surface area contributed by atoms with Crippen molar-refractivity contribution >= 4 is 11.6 Å². The maximum atomic E-state index is 5.25. The van der Waals surface area contributed by atoms with Gasteiger partial charge in [-0.25, -0.2) is 0 Å². The largest absolute Gasteiger partial charge is 0.496 e. The highest BCUT2D eigenvalue weighted by Gasteiger charge is 2.06. The molecule has 0 unspecified atom stereocenters. The van der Waals surface area contributed by atoms with Gasteiger partial charge in [-0.15, -0.1) is 0 Å². The molecule has 0 atom stereocenters. The average molecular weight is 205 g/mol. The van der Waals surface area contributed by atoms with Gasteiger partial charge in [-0.1, -0.05) is 6.07 Å². The summed E-state index contributed by atoms with van der Waals surface area (Å²) in [5.41, 5.74) is 2.12. The second-order valence-corrected chi connectivity index (χ2v) is 3.47. The summed E-state index contributed by atoms with van der Waals surface area (Å²) in [5.74, 6) is 1.72. The highest BCUT2D eigenvalue weighted by Crippen LogP contribution is 2.21. The topological polar surface area (TPSA) is 45.6 Å². The summed E-state index contributed by atoms with van der Waals surface area (Å²) in [6.07, 6.45) is 0. The molecule has 0 spiro atoms. The van der Waals surface area contributed by atoms with Crippen molar-refractivity contribution in [2.24, 2.45) is 4.99 Å². The minimum Gasteiger partial charge on any atom is -0.496 e. The molecule has 1 heterocycles. The summed E-state index contributed by atoms with van der Waals surface area (Å²) in [5, 5.41) is 6.36. The highest BCUT2D eigenvalue weighted by molar-refractivity contribution is 5.94. The van der Waals surface area contributed by atoms with Crippen molar-refractivity contribution in [2.45, 2.75) is 6.92 Å². The predicted octanol–water partition coefficient (Wildman–Crippen LogP) is 1.37. The summed E-state index contributed by atoms with van der Waals surface area (Å²) in [6.45, 7) is 3.77. The Balaban J connectivity index is 2.14. The lowest BCUT2D eigenvalue weighted by Crippen LogP contribution is -2.26. The number of hydrogen-bond acceptors (Lipinski definition) is 4. The van der Waals surface area contributed by atoms with E-state index in [1.165, 1.54) is 0 Å². The van der Waals surface area contributed by atoms with Crippen LogP contribution >= 0.6 is 0 Å². The molecule has 1 aromatic rings. The third kappa shape index (κ3) is 2.21. The van der Waals surface area contributed by atoms with Crippen molar-refractivity contribution in [1.82, 2.24) is 5.32 Å². The van der Waals surface area contributed by atoms with E-state index in [2.05, 4.69) is 15.6 Å². The van der Waals surface area contributed by atoms with Crippen LogP contribution in [0.2, 0.25) is 0 Å². The maximum absolute atomic E-state index is 5.25. The van der Waals surface area contributed by atoms with Crippen LogP contribution in [-0.2, 0) is 0 Å². The van der Waals surface area contributed by atoms with E-state index in [1.54, 1.807) is 7.11 Å². The first-order valence-electron chi connectivity index (χ1n) is 4.99. The van der Waals surface area contributed by atoms with Crippen LogP contribution in [0.5, 0.6) is 5.75 Å². The van der Waals surface area contributed by atoms with Gasteiger partial charge < -0.3 is 15.4 Å². The number of rotatable bonds is 2. The molecule has 1 aliphatic rings. The third-order valence-corrected chi connectivity index (χ3v) is 2.34. The Hall–Kier alpha value is -1.71. The summed E-state index contributed by atoms with van der Waals surface area (Å²) in [6, 6.07) is 6.01. The van der Waals surface area contributed by atoms with Crippen molar-refractivity contribution < 1.29 is 4.74 Å². The zero-order valence-electron chi connectivity index (χ0n) is 9.00. The lowest BCUT2D eigenvalue weighted by Gasteiger charge is -2.09. The van der Waals surface area contributed by atoms with Crippen LogP contribution in [0.4, 0.5) is 5.69 Å². The number of nitrogens with zero attached hydrogens (tertiary/aromatic N) is 1. The normalized spacial score (nSPS) is 14.4. The van der Waals surface area contributed by atoms with Gasteiger partial charge in [-0.2, -0.15) is 0 Å². The molecule has 15 heavy (non-hydrogen) atoms. The fourth-order valence-corrected chi connectivity index (χ4v) is 1.52. The lowest BCUT2D eigenvalue weighted by atomic mass is 10.2. The third-order valence-electron chi connectivity index (χ3n) is 2.34. The van der Waals surface area contributed by atoms with E-state index in [-0.39, 0.29) is 0 Å². The van der Waals surface area contributed by atoms with Crippen molar-refractivity contribution in [3.8, 4) is 5.75 Å². The smallest absolute Gasteiger partial charge is 0.195 e. The number of ether oxygens (including phenoxy) is 1. The van der Waals surface area contributed by atoms with E-state index >= 15 is 0 Å².